The molecule has 1 fully saturated rings. The normalized spacial score (nSPS) is 15.8. The van der Waals surface area contributed by atoms with Crippen LogP contribution in [0.4, 0.5) is 5.82 Å². The number of anilines is 1. The Morgan fingerprint density at radius 2 is 2.05 bits per heavy atom. The first-order chi connectivity index (χ1) is 9.75. The SMILES string of the molecule is Nc1ncc2c(Cl)cccc2c1C#CC1CCNCC1. The van der Waals surface area contributed by atoms with Crippen LogP contribution >= 0.6 is 11.6 Å². The van der Waals surface area contributed by atoms with Crippen molar-refractivity contribution in [3.05, 3.63) is 35.0 Å². The van der Waals surface area contributed by atoms with E-state index in [0.717, 1.165) is 42.3 Å². The molecule has 0 atom stereocenters. The average molecular weight is 286 g/mol. The van der Waals surface area contributed by atoms with Gasteiger partial charge in [0.05, 0.1) is 5.56 Å². The maximum absolute atomic E-state index is 6.19. The Labute approximate surface area is 123 Å². The van der Waals surface area contributed by atoms with E-state index in [1.54, 1.807) is 6.20 Å². The Hall–Kier alpha value is -1.76. The Morgan fingerprint density at radius 1 is 1.25 bits per heavy atom. The molecule has 4 heteroatoms. The van der Waals surface area contributed by atoms with E-state index >= 15 is 0 Å². The van der Waals surface area contributed by atoms with E-state index in [4.69, 9.17) is 17.3 Å². The monoisotopic (exact) mass is 285 g/mol. The molecule has 0 bridgehead atoms. The molecule has 1 aliphatic heterocycles. The molecule has 102 valence electrons. The molecule has 2 aromatic rings. The lowest BCUT2D eigenvalue weighted by molar-refractivity contribution is 0.447. The fourth-order valence-electron chi connectivity index (χ4n) is 2.49. The number of nitrogens with zero attached hydrogens (tertiary/aromatic N) is 1. The minimum absolute atomic E-state index is 0.435. The maximum Gasteiger partial charge on any atom is 0.139 e. The van der Waals surface area contributed by atoms with E-state index in [1.165, 1.54) is 0 Å². The van der Waals surface area contributed by atoms with Gasteiger partial charge in [0.25, 0.3) is 0 Å². The van der Waals surface area contributed by atoms with Crippen LogP contribution in [-0.4, -0.2) is 18.1 Å². The van der Waals surface area contributed by atoms with Gasteiger partial charge in [-0.1, -0.05) is 35.6 Å². The van der Waals surface area contributed by atoms with Gasteiger partial charge in [-0.3, -0.25) is 0 Å². The summed E-state index contributed by atoms with van der Waals surface area (Å²) < 4.78 is 0. The highest BCUT2D eigenvalue weighted by atomic mass is 35.5. The summed E-state index contributed by atoms with van der Waals surface area (Å²) in [5, 5.41) is 5.90. The molecule has 0 radical (unpaired) electrons. The molecule has 0 spiro atoms. The van der Waals surface area contributed by atoms with Gasteiger partial charge in [-0.2, -0.15) is 0 Å². The quantitative estimate of drug-likeness (QED) is 0.732. The molecule has 1 aliphatic rings. The van der Waals surface area contributed by atoms with E-state index in [-0.39, 0.29) is 0 Å². The van der Waals surface area contributed by atoms with Crippen molar-refractivity contribution in [3.8, 4) is 11.8 Å². The van der Waals surface area contributed by atoms with Crippen LogP contribution in [0.3, 0.4) is 0 Å². The molecule has 1 saturated heterocycles. The molecule has 1 aromatic heterocycles. The van der Waals surface area contributed by atoms with Crippen LogP contribution in [0.15, 0.2) is 24.4 Å². The molecule has 3 N–H and O–H groups in total. The van der Waals surface area contributed by atoms with E-state index in [1.807, 2.05) is 18.2 Å². The molecule has 20 heavy (non-hydrogen) atoms. The van der Waals surface area contributed by atoms with Gasteiger partial charge in [0.15, 0.2) is 0 Å². The van der Waals surface area contributed by atoms with Crippen LogP contribution in [0.25, 0.3) is 10.8 Å². The van der Waals surface area contributed by atoms with Crippen LogP contribution in [0.1, 0.15) is 18.4 Å². The van der Waals surface area contributed by atoms with Gasteiger partial charge in [-0.05, 0) is 32.0 Å². The lowest BCUT2D eigenvalue weighted by atomic mass is 9.98. The number of piperidine rings is 1. The minimum Gasteiger partial charge on any atom is -0.383 e. The van der Waals surface area contributed by atoms with Crippen molar-refractivity contribution < 1.29 is 0 Å². The number of hydrogen-bond donors (Lipinski definition) is 2. The molecule has 0 aliphatic carbocycles. The first-order valence-corrected chi connectivity index (χ1v) is 7.18. The number of aromatic nitrogens is 1. The van der Waals surface area contributed by atoms with Gasteiger partial charge in [0.2, 0.25) is 0 Å². The van der Waals surface area contributed by atoms with E-state index in [9.17, 15) is 0 Å². The third-order valence-corrected chi connectivity index (χ3v) is 3.98. The Morgan fingerprint density at radius 3 is 2.85 bits per heavy atom. The molecule has 0 amide bonds. The van der Waals surface area contributed by atoms with Crippen molar-refractivity contribution in [2.45, 2.75) is 12.8 Å². The predicted molar refractivity (Wildman–Crippen MR) is 83.6 cm³/mol. The first-order valence-electron chi connectivity index (χ1n) is 6.80. The predicted octanol–water partition coefficient (Wildman–Crippen LogP) is 2.82. The zero-order chi connectivity index (χ0) is 13.9. The van der Waals surface area contributed by atoms with Gasteiger partial charge >= 0.3 is 0 Å². The average Bonchev–Trinajstić information content (AvgIpc) is 2.47. The summed E-state index contributed by atoms with van der Waals surface area (Å²) in [6.07, 6.45) is 3.89. The number of pyridine rings is 1. The number of fused-ring (bicyclic) bond motifs is 1. The van der Waals surface area contributed by atoms with Crippen LogP contribution < -0.4 is 11.1 Å². The molecular formula is C16H16ClN3. The number of nitrogen functional groups attached to an aromatic ring is 1. The lowest BCUT2D eigenvalue weighted by Crippen LogP contribution is -2.26. The molecule has 0 saturated carbocycles. The number of benzene rings is 1. The zero-order valence-corrected chi connectivity index (χ0v) is 11.9. The summed E-state index contributed by atoms with van der Waals surface area (Å²) in [6.45, 7) is 2.07. The molecule has 3 rings (SSSR count). The van der Waals surface area contributed by atoms with Crippen molar-refractivity contribution in [1.29, 1.82) is 0 Å². The Bertz CT molecular complexity index is 694. The maximum atomic E-state index is 6.19. The fourth-order valence-corrected chi connectivity index (χ4v) is 2.72. The van der Waals surface area contributed by atoms with Gasteiger partial charge in [-0.15, -0.1) is 0 Å². The Balaban J connectivity index is 2.04. The first kappa shape index (κ1) is 13.2. The van der Waals surface area contributed by atoms with Gasteiger partial charge in [0, 0.05) is 27.9 Å². The molecular weight excluding hydrogens is 270 g/mol. The second-order valence-corrected chi connectivity index (χ2v) is 5.42. The fraction of sp³-hybridized carbons (Fsp3) is 0.312. The smallest absolute Gasteiger partial charge is 0.139 e. The number of rotatable bonds is 0. The standard InChI is InChI=1S/C16H16ClN3/c17-15-3-1-2-12-13(16(18)20-10-14(12)15)5-4-11-6-8-19-9-7-11/h1-3,10-11,19H,6-9H2,(H2,18,20). The summed E-state index contributed by atoms with van der Waals surface area (Å²) in [6, 6.07) is 5.76. The number of nitrogens with one attached hydrogen (secondary N) is 1. The number of nitrogens with two attached hydrogens (primary N) is 1. The van der Waals surface area contributed by atoms with E-state index < -0.39 is 0 Å². The van der Waals surface area contributed by atoms with E-state index in [0.29, 0.717) is 16.8 Å². The second kappa shape index (κ2) is 5.70. The summed E-state index contributed by atoms with van der Waals surface area (Å²) in [5.74, 6) is 7.47. The zero-order valence-electron chi connectivity index (χ0n) is 11.1. The Kier molecular flexibility index (Phi) is 3.77. The second-order valence-electron chi connectivity index (χ2n) is 5.01. The topological polar surface area (TPSA) is 50.9 Å². The molecule has 1 aromatic carbocycles. The van der Waals surface area contributed by atoms with Gasteiger partial charge in [0.1, 0.15) is 5.82 Å². The van der Waals surface area contributed by atoms with Crippen LogP contribution in [0, 0.1) is 17.8 Å². The van der Waals surface area contributed by atoms with Crippen molar-refractivity contribution in [1.82, 2.24) is 10.3 Å². The summed E-state index contributed by atoms with van der Waals surface area (Å²) in [5.41, 5.74) is 6.78. The molecule has 0 unspecified atom stereocenters. The van der Waals surface area contributed by atoms with Crippen LogP contribution in [0.5, 0.6) is 0 Å². The third-order valence-electron chi connectivity index (χ3n) is 3.65. The highest BCUT2D eigenvalue weighted by Gasteiger charge is 2.11. The van der Waals surface area contributed by atoms with Crippen LogP contribution in [0.2, 0.25) is 5.02 Å². The summed E-state index contributed by atoms with van der Waals surface area (Å²) in [7, 11) is 0. The molecule has 3 nitrogen and oxygen atoms in total. The third kappa shape index (κ3) is 2.58. The highest BCUT2D eigenvalue weighted by molar-refractivity contribution is 6.35. The van der Waals surface area contributed by atoms with Crippen molar-refractivity contribution >= 4 is 28.2 Å². The van der Waals surface area contributed by atoms with E-state index in [2.05, 4.69) is 22.1 Å². The molecule has 2 heterocycles. The number of hydrogen-bond acceptors (Lipinski definition) is 3. The van der Waals surface area contributed by atoms with Gasteiger partial charge < -0.3 is 11.1 Å². The van der Waals surface area contributed by atoms with Crippen molar-refractivity contribution in [2.24, 2.45) is 5.92 Å². The summed E-state index contributed by atoms with van der Waals surface area (Å²) >= 11 is 6.19. The van der Waals surface area contributed by atoms with Crippen molar-refractivity contribution in [3.63, 3.8) is 0 Å². The largest absolute Gasteiger partial charge is 0.383 e. The highest BCUT2D eigenvalue weighted by Crippen LogP contribution is 2.27. The minimum atomic E-state index is 0.435. The summed E-state index contributed by atoms with van der Waals surface area (Å²) in [4.78, 5) is 4.21. The number of halogens is 1. The van der Waals surface area contributed by atoms with Gasteiger partial charge in [-0.25, -0.2) is 4.98 Å². The van der Waals surface area contributed by atoms with Crippen LogP contribution in [-0.2, 0) is 0 Å². The lowest BCUT2D eigenvalue weighted by Gasteiger charge is -2.17. The van der Waals surface area contributed by atoms with Crippen molar-refractivity contribution in [2.75, 3.05) is 18.8 Å².